The molecule has 1 amide bonds. The van der Waals surface area contributed by atoms with E-state index in [9.17, 15) is 9.59 Å². The number of aromatic carboxylic acids is 1. The molecule has 25 heavy (non-hydrogen) atoms. The molecule has 6 nitrogen and oxygen atoms in total. The van der Waals surface area contributed by atoms with E-state index in [1.54, 1.807) is 11.0 Å². The fourth-order valence-electron chi connectivity index (χ4n) is 2.89. The zero-order valence-electron chi connectivity index (χ0n) is 13.8. The van der Waals surface area contributed by atoms with Crippen LogP contribution in [0.4, 0.5) is 0 Å². The molecule has 1 saturated heterocycles. The normalized spacial score (nSPS) is 16.6. The lowest BCUT2D eigenvalue weighted by Gasteiger charge is -2.25. The van der Waals surface area contributed by atoms with Gasteiger partial charge in [-0.2, -0.15) is 0 Å². The van der Waals surface area contributed by atoms with Crippen molar-refractivity contribution in [1.82, 2.24) is 9.88 Å². The summed E-state index contributed by atoms with van der Waals surface area (Å²) in [4.78, 5) is 29.7. The van der Waals surface area contributed by atoms with Gasteiger partial charge in [0, 0.05) is 19.7 Å². The van der Waals surface area contributed by atoms with Crippen LogP contribution in [0.15, 0.2) is 48.5 Å². The average molecular weight is 340 g/mol. The van der Waals surface area contributed by atoms with Crippen LogP contribution in [-0.4, -0.2) is 46.1 Å². The third-order valence-corrected chi connectivity index (χ3v) is 4.14. The number of carbonyl (C=O) groups is 2. The molecule has 0 unspecified atom stereocenters. The van der Waals surface area contributed by atoms with Gasteiger partial charge < -0.3 is 14.7 Å². The molecule has 0 spiro atoms. The highest BCUT2D eigenvalue weighted by Crippen LogP contribution is 2.17. The summed E-state index contributed by atoms with van der Waals surface area (Å²) in [6.45, 7) is 1.61. The first kappa shape index (κ1) is 17.1. The van der Waals surface area contributed by atoms with Crippen LogP contribution in [0.2, 0.25) is 0 Å². The Balaban J connectivity index is 1.82. The van der Waals surface area contributed by atoms with Gasteiger partial charge in [-0.15, -0.1) is 0 Å². The summed E-state index contributed by atoms with van der Waals surface area (Å²) >= 11 is 0. The number of carboxylic acids is 1. The number of nitrogens with zero attached hydrogens (tertiary/aromatic N) is 2. The number of rotatable bonds is 6. The SMILES string of the molecule is O=C(O)c1cccc(C(=O)N(Cc2ccccc2)C[C@@H]2CCCO2)n1. The Morgan fingerprint density at radius 2 is 1.88 bits per heavy atom. The van der Waals surface area contributed by atoms with Crippen LogP contribution in [-0.2, 0) is 11.3 Å². The highest BCUT2D eigenvalue weighted by molar-refractivity contribution is 5.94. The maximum Gasteiger partial charge on any atom is 0.354 e. The molecule has 0 radical (unpaired) electrons. The molecule has 1 aliphatic heterocycles. The number of pyridine rings is 1. The Labute approximate surface area is 146 Å². The smallest absolute Gasteiger partial charge is 0.354 e. The zero-order valence-corrected chi connectivity index (χ0v) is 13.8. The molecular weight excluding hydrogens is 320 g/mol. The van der Waals surface area contributed by atoms with Gasteiger partial charge >= 0.3 is 5.97 Å². The predicted octanol–water partition coefficient (Wildman–Crippen LogP) is 2.60. The van der Waals surface area contributed by atoms with Gasteiger partial charge in [0.25, 0.3) is 5.91 Å². The fourth-order valence-corrected chi connectivity index (χ4v) is 2.89. The Kier molecular flexibility index (Phi) is 5.40. The van der Waals surface area contributed by atoms with Crippen molar-refractivity contribution in [2.24, 2.45) is 0 Å². The fraction of sp³-hybridized carbons (Fsp3) is 0.316. The second kappa shape index (κ2) is 7.90. The summed E-state index contributed by atoms with van der Waals surface area (Å²) in [5, 5.41) is 9.09. The summed E-state index contributed by atoms with van der Waals surface area (Å²) in [7, 11) is 0. The van der Waals surface area contributed by atoms with E-state index in [0.29, 0.717) is 19.7 Å². The highest BCUT2D eigenvalue weighted by Gasteiger charge is 2.24. The van der Waals surface area contributed by atoms with Gasteiger partial charge in [-0.3, -0.25) is 4.79 Å². The molecule has 0 bridgehead atoms. The molecule has 2 heterocycles. The molecule has 1 aromatic heterocycles. The summed E-state index contributed by atoms with van der Waals surface area (Å²) in [5.74, 6) is -1.44. The lowest BCUT2D eigenvalue weighted by Crippen LogP contribution is -2.37. The maximum atomic E-state index is 12.9. The van der Waals surface area contributed by atoms with E-state index in [1.807, 2.05) is 30.3 Å². The minimum absolute atomic E-state index is 0.00955. The zero-order chi connectivity index (χ0) is 17.6. The molecule has 2 aromatic rings. The second-order valence-electron chi connectivity index (χ2n) is 6.02. The lowest BCUT2D eigenvalue weighted by atomic mass is 10.1. The van der Waals surface area contributed by atoms with Crippen molar-refractivity contribution in [3.63, 3.8) is 0 Å². The Bertz CT molecular complexity index is 742. The average Bonchev–Trinajstić information content (AvgIpc) is 3.14. The maximum absolute atomic E-state index is 12.9. The molecular formula is C19H20N2O4. The minimum Gasteiger partial charge on any atom is -0.477 e. The van der Waals surface area contributed by atoms with Gasteiger partial charge in [-0.1, -0.05) is 36.4 Å². The van der Waals surface area contributed by atoms with Crippen molar-refractivity contribution in [3.8, 4) is 0 Å². The van der Waals surface area contributed by atoms with Crippen molar-refractivity contribution in [1.29, 1.82) is 0 Å². The van der Waals surface area contributed by atoms with Crippen molar-refractivity contribution in [3.05, 3.63) is 65.5 Å². The molecule has 6 heteroatoms. The first-order valence-electron chi connectivity index (χ1n) is 8.28. The summed E-state index contributed by atoms with van der Waals surface area (Å²) < 4.78 is 5.66. The van der Waals surface area contributed by atoms with Gasteiger partial charge in [0.1, 0.15) is 11.4 Å². The molecule has 1 aliphatic rings. The predicted molar refractivity (Wildman–Crippen MR) is 91.4 cm³/mol. The van der Waals surface area contributed by atoms with Gasteiger partial charge in [-0.25, -0.2) is 9.78 Å². The molecule has 0 aliphatic carbocycles. The van der Waals surface area contributed by atoms with Crippen molar-refractivity contribution in [2.45, 2.75) is 25.5 Å². The molecule has 0 saturated carbocycles. The number of hydrogen-bond acceptors (Lipinski definition) is 4. The van der Waals surface area contributed by atoms with Crippen LogP contribution in [0.25, 0.3) is 0 Å². The Morgan fingerprint density at radius 3 is 2.56 bits per heavy atom. The molecule has 130 valence electrons. The Morgan fingerprint density at radius 1 is 1.12 bits per heavy atom. The topological polar surface area (TPSA) is 79.7 Å². The third kappa shape index (κ3) is 4.42. The van der Waals surface area contributed by atoms with Crippen molar-refractivity contribution < 1.29 is 19.4 Å². The largest absolute Gasteiger partial charge is 0.477 e. The van der Waals surface area contributed by atoms with E-state index < -0.39 is 5.97 Å². The van der Waals surface area contributed by atoms with Gasteiger partial charge in [0.05, 0.1) is 6.10 Å². The Hall–Kier alpha value is -2.73. The molecule has 1 aromatic carbocycles. The summed E-state index contributed by atoms with van der Waals surface area (Å²) in [6, 6.07) is 14.1. The van der Waals surface area contributed by atoms with Crippen LogP contribution in [0.1, 0.15) is 39.4 Å². The van der Waals surface area contributed by atoms with Crippen molar-refractivity contribution in [2.75, 3.05) is 13.2 Å². The van der Waals surface area contributed by atoms with Crippen LogP contribution in [0, 0.1) is 0 Å². The molecule has 3 rings (SSSR count). The van der Waals surface area contributed by atoms with Gasteiger partial charge in [-0.05, 0) is 30.5 Å². The molecule has 1 fully saturated rings. The molecule has 1 atom stereocenters. The number of amides is 1. The minimum atomic E-state index is -1.15. The van der Waals surface area contributed by atoms with E-state index in [1.165, 1.54) is 12.1 Å². The van der Waals surface area contributed by atoms with Crippen LogP contribution in [0.3, 0.4) is 0 Å². The van der Waals surface area contributed by atoms with Crippen molar-refractivity contribution >= 4 is 11.9 Å². The number of aromatic nitrogens is 1. The van der Waals surface area contributed by atoms with Crippen LogP contribution in [0.5, 0.6) is 0 Å². The van der Waals surface area contributed by atoms with E-state index in [-0.39, 0.29) is 23.4 Å². The highest BCUT2D eigenvalue weighted by atomic mass is 16.5. The van der Waals surface area contributed by atoms with E-state index in [0.717, 1.165) is 18.4 Å². The van der Waals surface area contributed by atoms with Gasteiger partial charge in [0.15, 0.2) is 0 Å². The summed E-state index contributed by atoms with van der Waals surface area (Å²) in [5.41, 5.74) is 1.000. The number of carbonyl (C=O) groups excluding carboxylic acids is 1. The number of benzene rings is 1. The van der Waals surface area contributed by atoms with Gasteiger partial charge in [0.2, 0.25) is 0 Å². The van der Waals surface area contributed by atoms with Crippen LogP contribution >= 0.6 is 0 Å². The lowest BCUT2D eigenvalue weighted by molar-refractivity contribution is 0.0502. The first-order valence-corrected chi connectivity index (χ1v) is 8.28. The molecule has 1 N–H and O–H groups in total. The first-order chi connectivity index (χ1) is 12.1. The number of carboxylic acid groups (broad SMARTS) is 1. The van der Waals surface area contributed by atoms with E-state index in [4.69, 9.17) is 9.84 Å². The van der Waals surface area contributed by atoms with Crippen LogP contribution < -0.4 is 0 Å². The number of ether oxygens (including phenoxy) is 1. The quantitative estimate of drug-likeness (QED) is 0.874. The second-order valence-corrected chi connectivity index (χ2v) is 6.02. The third-order valence-electron chi connectivity index (χ3n) is 4.14. The monoisotopic (exact) mass is 340 g/mol. The van der Waals surface area contributed by atoms with E-state index >= 15 is 0 Å². The standard InChI is InChI=1S/C19H20N2O4/c22-18(16-9-4-10-17(20-16)19(23)24)21(13-15-8-5-11-25-15)12-14-6-2-1-3-7-14/h1-4,6-7,9-10,15H,5,8,11-13H2,(H,23,24)/t15-/m0/s1. The summed E-state index contributed by atoms with van der Waals surface area (Å²) in [6.07, 6.45) is 1.92. The number of hydrogen-bond donors (Lipinski definition) is 1. The van der Waals surface area contributed by atoms with E-state index in [2.05, 4.69) is 4.98 Å².